The van der Waals surface area contributed by atoms with Crippen molar-refractivity contribution in [2.24, 2.45) is 0 Å². The first-order valence-electron chi connectivity index (χ1n) is 9.60. The predicted molar refractivity (Wildman–Crippen MR) is 107 cm³/mol. The maximum atomic E-state index is 9.92. The molecule has 142 valence electrons. The van der Waals surface area contributed by atoms with Crippen LogP contribution in [0.25, 0.3) is 0 Å². The summed E-state index contributed by atoms with van der Waals surface area (Å²) >= 11 is 1.74. The highest BCUT2D eigenvalue weighted by Gasteiger charge is 2.35. The molecule has 26 heavy (non-hydrogen) atoms. The summed E-state index contributed by atoms with van der Waals surface area (Å²) in [6.45, 7) is 10.8. The van der Waals surface area contributed by atoms with E-state index in [0.29, 0.717) is 0 Å². The fraction of sp³-hybridized carbons (Fsp3) is 0.700. The summed E-state index contributed by atoms with van der Waals surface area (Å²) < 4.78 is 5.54. The summed E-state index contributed by atoms with van der Waals surface area (Å²) in [5.74, 6) is 2.09. The average Bonchev–Trinajstić information content (AvgIpc) is 2.63. The van der Waals surface area contributed by atoms with E-state index in [2.05, 4.69) is 43.7 Å². The molecular weight excluding hydrogens is 344 g/mol. The molecule has 3 heterocycles. The molecule has 0 N–H and O–H groups in total. The number of unbranched alkanes of at least 4 members (excludes halogenated alkanes) is 1. The van der Waals surface area contributed by atoms with Crippen LogP contribution in [0.5, 0.6) is 0 Å². The van der Waals surface area contributed by atoms with Gasteiger partial charge in [-0.1, -0.05) is 13.3 Å². The maximum absolute atomic E-state index is 9.92. The van der Waals surface area contributed by atoms with Crippen molar-refractivity contribution in [1.29, 1.82) is 5.26 Å². The van der Waals surface area contributed by atoms with E-state index in [1.807, 2.05) is 0 Å². The van der Waals surface area contributed by atoms with Crippen LogP contribution in [0.3, 0.4) is 0 Å². The molecule has 2 aliphatic rings. The molecule has 3 rings (SSSR count). The van der Waals surface area contributed by atoms with E-state index in [4.69, 9.17) is 9.72 Å². The lowest BCUT2D eigenvalue weighted by atomic mass is 9.84. The Hall–Kier alpha value is -1.29. The van der Waals surface area contributed by atoms with Gasteiger partial charge in [0, 0.05) is 30.7 Å². The molecule has 0 aromatic carbocycles. The highest BCUT2D eigenvalue weighted by atomic mass is 32.2. The Balaban J connectivity index is 2.08. The summed E-state index contributed by atoms with van der Waals surface area (Å²) in [6.07, 6.45) is 3.20. The van der Waals surface area contributed by atoms with Gasteiger partial charge < -0.3 is 9.64 Å². The van der Waals surface area contributed by atoms with Crippen LogP contribution in [0, 0.1) is 11.3 Å². The second-order valence-electron chi connectivity index (χ2n) is 7.83. The normalized spacial score (nSPS) is 19.9. The second kappa shape index (κ2) is 8.16. The number of ether oxygens (including phenoxy) is 1. The predicted octanol–water partition coefficient (Wildman–Crippen LogP) is 3.45. The Labute approximate surface area is 161 Å². The van der Waals surface area contributed by atoms with Gasteiger partial charge in [-0.15, -0.1) is 11.8 Å². The molecule has 0 spiro atoms. The molecule has 0 saturated carbocycles. The van der Waals surface area contributed by atoms with Gasteiger partial charge in [-0.05, 0) is 45.1 Å². The highest BCUT2D eigenvalue weighted by molar-refractivity contribution is 7.99. The first-order valence-corrected chi connectivity index (χ1v) is 10.6. The lowest BCUT2D eigenvalue weighted by molar-refractivity contribution is 0.120. The van der Waals surface area contributed by atoms with Crippen molar-refractivity contribution in [2.75, 3.05) is 44.0 Å². The Morgan fingerprint density at radius 1 is 1.27 bits per heavy atom. The largest absolute Gasteiger partial charge is 0.378 e. The minimum atomic E-state index is 0.0492. The number of aromatic nitrogens is 1. The van der Waals surface area contributed by atoms with Gasteiger partial charge in [0.15, 0.2) is 0 Å². The maximum Gasteiger partial charge on any atom is 0.134 e. The zero-order chi connectivity index (χ0) is 18.7. The number of rotatable bonds is 5. The molecule has 1 aromatic rings. The molecule has 1 fully saturated rings. The Morgan fingerprint density at radius 3 is 2.65 bits per heavy atom. The van der Waals surface area contributed by atoms with Crippen LogP contribution in [-0.4, -0.2) is 54.5 Å². The molecule has 5 nitrogen and oxygen atoms in total. The van der Waals surface area contributed by atoms with Gasteiger partial charge in [-0.3, -0.25) is 4.90 Å². The molecule has 0 unspecified atom stereocenters. The lowest BCUT2D eigenvalue weighted by Gasteiger charge is -2.43. The number of nitrogens with zero attached hydrogens (tertiary/aromatic N) is 4. The average molecular weight is 375 g/mol. The van der Waals surface area contributed by atoms with Crippen LogP contribution < -0.4 is 4.90 Å². The molecule has 0 bridgehead atoms. The van der Waals surface area contributed by atoms with E-state index in [1.165, 1.54) is 11.1 Å². The third-order valence-electron chi connectivity index (χ3n) is 5.55. The number of hydrogen-bond donors (Lipinski definition) is 0. The summed E-state index contributed by atoms with van der Waals surface area (Å²) in [5.41, 5.74) is 3.31. The van der Waals surface area contributed by atoms with Gasteiger partial charge in [-0.25, -0.2) is 4.98 Å². The number of morpholine rings is 1. The van der Waals surface area contributed by atoms with E-state index >= 15 is 0 Å². The second-order valence-corrected chi connectivity index (χ2v) is 8.91. The lowest BCUT2D eigenvalue weighted by Crippen LogP contribution is -2.47. The van der Waals surface area contributed by atoms with Gasteiger partial charge in [0.1, 0.15) is 16.9 Å². The molecular formula is C20H30N4OS. The van der Waals surface area contributed by atoms with E-state index in [0.717, 1.165) is 74.3 Å². The van der Waals surface area contributed by atoms with Crippen molar-refractivity contribution in [3.63, 3.8) is 0 Å². The number of likely N-dealkylation sites (N-methyl/N-ethyl adjacent to an activating group) is 1. The van der Waals surface area contributed by atoms with Crippen LogP contribution in [0.15, 0.2) is 5.03 Å². The Kier molecular flexibility index (Phi) is 6.11. The number of hydrogen-bond acceptors (Lipinski definition) is 6. The summed E-state index contributed by atoms with van der Waals surface area (Å²) in [5, 5.41) is 10.8. The molecule has 0 aliphatic carbocycles. The molecule has 0 radical (unpaired) electrons. The van der Waals surface area contributed by atoms with Crippen molar-refractivity contribution in [3.05, 3.63) is 16.7 Å². The van der Waals surface area contributed by atoms with Crippen LogP contribution >= 0.6 is 11.8 Å². The van der Waals surface area contributed by atoms with Gasteiger partial charge in [-0.2, -0.15) is 5.26 Å². The third kappa shape index (κ3) is 3.85. The first-order chi connectivity index (χ1) is 12.5. The molecule has 1 aromatic heterocycles. The molecule has 0 amide bonds. The standard InChI is InChI=1S/C20H30N4OS/c1-5-6-11-26-19-16(13-21)15-12-20(2,3)23(4)14-17(15)18(22-19)24-7-9-25-10-8-24/h5-12,14H2,1-4H3. The van der Waals surface area contributed by atoms with Gasteiger partial charge >= 0.3 is 0 Å². The summed E-state index contributed by atoms with van der Waals surface area (Å²) in [7, 11) is 2.17. The van der Waals surface area contributed by atoms with E-state index in [9.17, 15) is 5.26 Å². The van der Waals surface area contributed by atoms with Crippen molar-refractivity contribution in [2.45, 2.75) is 57.1 Å². The van der Waals surface area contributed by atoms with E-state index in [1.54, 1.807) is 11.8 Å². The molecule has 6 heteroatoms. The minimum absolute atomic E-state index is 0.0492. The molecule has 0 atom stereocenters. The van der Waals surface area contributed by atoms with Crippen LogP contribution in [-0.2, 0) is 17.7 Å². The molecule has 1 saturated heterocycles. The first kappa shape index (κ1) is 19.5. The Morgan fingerprint density at radius 2 is 2.00 bits per heavy atom. The van der Waals surface area contributed by atoms with Crippen molar-refractivity contribution < 1.29 is 4.74 Å². The zero-order valence-electron chi connectivity index (χ0n) is 16.5. The zero-order valence-corrected chi connectivity index (χ0v) is 17.3. The number of thioether (sulfide) groups is 1. The SMILES string of the molecule is CCCCSc1nc(N2CCOCC2)c2c(c1C#N)CC(C)(C)N(C)C2. The monoisotopic (exact) mass is 374 g/mol. The minimum Gasteiger partial charge on any atom is -0.378 e. The molecule has 2 aliphatic heterocycles. The van der Waals surface area contributed by atoms with Crippen LogP contribution in [0.1, 0.15) is 50.3 Å². The van der Waals surface area contributed by atoms with Crippen molar-refractivity contribution in [1.82, 2.24) is 9.88 Å². The number of nitriles is 1. The van der Waals surface area contributed by atoms with Gasteiger partial charge in [0.25, 0.3) is 0 Å². The fourth-order valence-electron chi connectivity index (χ4n) is 3.58. The smallest absolute Gasteiger partial charge is 0.134 e. The third-order valence-corrected chi connectivity index (χ3v) is 6.62. The number of pyridine rings is 1. The quantitative estimate of drug-likeness (QED) is 0.581. The van der Waals surface area contributed by atoms with Crippen LogP contribution in [0.4, 0.5) is 5.82 Å². The summed E-state index contributed by atoms with van der Waals surface area (Å²) in [4.78, 5) is 9.75. The topological polar surface area (TPSA) is 52.4 Å². The highest BCUT2D eigenvalue weighted by Crippen LogP contribution is 2.39. The van der Waals surface area contributed by atoms with Crippen LogP contribution in [0.2, 0.25) is 0 Å². The van der Waals surface area contributed by atoms with E-state index in [-0.39, 0.29) is 5.54 Å². The fourth-order valence-corrected chi connectivity index (χ4v) is 4.67. The van der Waals surface area contributed by atoms with Crippen molar-refractivity contribution >= 4 is 17.6 Å². The van der Waals surface area contributed by atoms with Crippen molar-refractivity contribution in [3.8, 4) is 6.07 Å². The Bertz CT molecular complexity index is 692. The number of fused-ring (bicyclic) bond motifs is 1. The summed E-state index contributed by atoms with van der Waals surface area (Å²) in [6, 6.07) is 2.49. The number of anilines is 1. The van der Waals surface area contributed by atoms with Gasteiger partial charge in [0.05, 0.1) is 18.8 Å². The van der Waals surface area contributed by atoms with Gasteiger partial charge in [0.2, 0.25) is 0 Å². The van der Waals surface area contributed by atoms with E-state index < -0.39 is 0 Å².